The summed E-state index contributed by atoms with van der Waals surface area (Å²) < 4.78 is 0. The molecule has 0 aliphatic heterocycles. The van der Waals surface area contributed by atoms with Crippen molar-refractivity contribution in [2.75, 3.05) is 5.32 Å². The molecule has 1 aliphatic rings. The molecule has 1 aliphatic carbocycles. The van der Waals surface area contributed by atoms with Crippen molar-refractivity contribution in [3.63, 3.8) is 0 Å². The topological polar surface area (TPSA) is 28.2 Å². The Kier molecular flexibility index (Phi) is 5.69. The maximum atomic E-state index is 6.11. The van der Waals surface area contributed by atoms with Crippen molar-refractivity contribution >= 4 is 34.6 Å². The highest BCUT2D eigenvalue weighted by atomic mass is 35.5. The minimum Gasteiger partial charge on any atom is -0.342 e. The van der Waals surface area contributed by atoms with E-state index in [1.54, 1.807) is 6.20 Å². The van der Waals surface area contributed by atoms with E-state index in [1.807, 2.05) is 37.4 Å². The van der Waals surface area contributed by atoms with Gasteiger partial charge in [0.2, 0.25) is 0 Å². The molecule has 0 amide bonds. The molecular formula is C19H22ClN3S. The van der Waals surface area contributed by atoms with Crippen LogP contribution in [0.15, 0.2) is 42.7 Å². The van der Waals surface area contributed by atoms with Crippen molar-refractivity contribution < 1.29 is 0 Å². The van der Waals surface area contributed by atoms with Gasteiger partial charge in [-0.1, -0.05) is 30.5 Å². The first kappa shape index (κ1) is 17.2. The first-order valence-electron chi connectivity index (χ1n) is 8.36. The van der Waals surface area contributed by atoms with Gasteiger partial charge in [0.25, 0.3) is 0 Å². The number of thiocarbonyl (C=S) groups is 1. The van der Waals surface area contributed by atoms with Crippen LogP contribution in [0.25, 0.3) is 0 Å². The molecule has 126 valence electrons. The van der Waals surface area contributed by atoms with Gasteiger partial charge in [-0.25, -0.2) is 0 Å². The molecule has 1 N–H and O–H groups in total. The van der Waals surface area contributed by atoms with Crippen LogP contribution >= 0.6 is 23.8 Å². The number of aryl methyl sites for hydroxylation is 1. The second-order valence-electron chi connectivity index (χ2n) is 6.32. The number of nitrogens with zero attached hydrogens (tertiary/aromatic N) is 2. The lowest BCUT2D eigenvalue weighted by Crippen LogP contribution is -2.41. The Hall–Kier alpha value is -1.65. The predicted octanol–water partition coefficient (Wildman–Crippen LogP) is 5.19. The smallest absolute Gasteiger partial charge is 0.173 e. The summed E-state index contributed by atoms with van der Waals surface area (Å²) in [6.45, 7) is 2.79. The summed E-state index contributed by atoms with van der Waals surface area (Å²) in [4.78, 5) is 6.53. The number of aromatic nitrogens is 1. The molecule has 1 aromatic heterocycles. The first-order chi connectivity index (χ1) is 11.6. The summed E-state index contributed by atoms with van der Waals surface area (Å²) >= 11 is 11.8. The highest BCUT2D eigenvalue weighted by Gasteiger charge is 2.25. The lowest BCUT2D eigenvalue weighted by molar-refractivity contribution is 0.312. The molecular weight excluding hydrogens is 338 g/mol. The van der Waals surface area contributed by atoms with Crippen molar-refractivity contribution in [3.8, 4) is 0 Å². The highest BCUT2D eigenvalue weighted by Crippen LogP contribution is 2.26. The second-order valence-corrected chi connectivity index (χ2v) is 7.12. The fourth-order valence-corrected chi connectivity index (χ4v) is 3.64. The molecule has 0 radical (unpaired) electrons. The van der Waals surface area contributed by atoms with Crippen LogP contribution in [-0.4, -0.2) is 21.0 Å². The Balaban J connectivity index is 1.76. The molecule has 1 fully saturated rings. The highest BCUT2D eigenvalue weighted by molar-refractivity contribution is 7.80. The summed E-state index contributed by atoms with van der Waals surface area (Å²) in [6.07, 6.45) is 8.66. The standard InChI is InChI=1S/C19H22ClN3S/c1-14-11-16(8-9-18(14)20)22-19(24)23(17-6-2-3-7-17)13-15-5-4-10-21-12-15/h4-5,8-12,17H,2-3,6-7,13H2,1H3,(H,22,24). The summed E-state index contributed by atoms with van der Waals surface area (Å²) in [7, 11) is 0. The lowest BCUT2D eigenvalue weighted by atomic mass is 10.2. The number of rotatable bonds is 4. The fourth-order valence-electron chi connectivity index (χ4n) is 3.19. The molecule has 0 spiro atoms. The van der Waals surface area contributed by atoms with Gasteiger partial charge in [-0.2, -0.15) is 0 Å². The Labute approximate surface area is 154 Å². The SMILES string of the molecule is Cc1cc(NC(=S)N(Cc2cccnc2)C2CCCC2)ccc1Cl. The van der Waals surface area contributed by atoms with E-state index in [1.165, 1.54) is 31.2 Å². The molecule has 0 unspecified atom stereocenters. The summed E-state index contributed by atoms with van der Waals surface area (Å²) in [5.41, 5.74) is 3.21. The third-order valence-electron chi connectivity index (χ3n) is 4.51. The molecule has 5 heteroatoms. The van der Waals surface area contributed by atoms with Crippen LogP contribution in [-0.2, 0) is 6.54 Å². The van der Waals surface area contributed by atoms with Crippen LogP contribution in [0.2, 0.25) is 5.02 Å². The van der Waals surface area contributed by atoms with E-state index >= 15 is 0 Å². The summed E-state index contributed by atoms with van der Waals surface area (Å²) in [5.74, 6) is 0. The van der Waals surface area contributed by atoms with Crippen molar-refractivity contribution in [1.82, 2.24) is 9.88 Å². The van der Waals surface area contributed by atoms with Crippen LogP contribution in [0.3, 0.4) is 0 Å². The second kappa shape index (κ2) is 7.95. The number of hydrogen-bond acceptors (Lipinski definition) is 2. The monoisotopic (exact) mass is 359 g/mol. The normalized spacial score (nSPS) is 14.6. The van der Waals surface area contributed by atoms with E-state index in [0.29, 0.717) is 6.04 Å². The zero-order chi connectivity index (χ0) is 16.9. The molecule has 3 nitrogen and oxygen atoms in total. The fraction of sp³-hybridized carbons (Fsp3) is 0.368. The molecule has 2 aromatic rings. The van der Waals surface area contributed by atoms with Crippen LogP contribution in [0.4, 0.5) is 5.69 Å². The van der Waals surface area contributed by atoms with E-state index < -0.39 is 0 Å². The third-order valence-corrected chi connectivity index (χ3v) is 5.27. The van der Waals surface area contributed by atoms with Gasteiger partial charge >= 0.3 is 0 Å². The lowest BCUT2D eigenvalue weighted by Gasteiger charge is -2.32. The Bertz CT molecular complexity index is 699. The number of pyridine rings is 1. The largest absolute Gasteiger partial charge is 0.342 e. The van der Waals surface area contributed by atoms with Gasteiger partial charge in [-0.05, 0) is 67.4 Å². The maximum Gasteiger partial charge on any atom is 0.173 e. The van der Waals surface area contributed by atoms with Gasteiger partial charge in [0, 0.05) is 35.7 Å². The molecule has 1 heterocycles. The molecule has 1 saturated carbocycles. The van der Waals surface area contributed by atoms with Gasteiger partial charge in [0.15, 0.2) is 5.11 Å². The van der Waals surface area contributed by atoms with Gasteiger partial charge in [-0.3, -0.25) is 4.98 Å². The molecule has 0 saturated heterocycles. The van der Waals surface area contributed by atoms with E-state index in [9.17, 15) is 0 Å². The first-order valence-corrected chi connectivity index (χ1v) is 9.15. The number of nitrogens with one attached hydrogen (secondary N) is 1. The minimum absolute atomic E-state index is 0.499. The Morgan fingerprint density at radius 2 is 2.12 bits per heavy atom. The van der Waals surface area contributed by atoms with Crippen molar-refractivity contribution in [2.45, 2.75) is 45.2 Å². The maximum absolute atomic E-state index is 6.11. The van der Waals surface area contributed by atoms with Crippen LogP contribution in [0.5, 0.6) is 0 Å². The van der Waals surface area contributed by atoms with Crippen LogP contribution < -0.4 is 5.32 Å². The van der Waals surface area contributed by atoms with Gasteiger partial charge in [0.05, 0.1) is 0 Å². The Morgan fingerprint density at radius 1 is 1.33 bits per heavy atom. The molecule has 0 atom stereocenters. The van der Waals surface area contributed by atoms with Crippen molar-refractivity contribution in [3.05, 3.63) is 58.9 Å². The number of hydrogen-bond donors (Lipinski definition) is 1. The predicted molar refractivity (Wildman–Crippen MR) is 104 cm³/mol. The van der Waals surface area contributed by atoms with Gasteiger partial charge < -0.3 is 10.2 Å². The van der Waals surface area contributed by atoms with Crippen LogP contribution in [0.1, 0.15) is 36.8 Å². The molecule has 3 rings (SSSR count). The average Bonchev–Trinajstić information content (AvgIpc) is 3.11. The summed E-state index contributed by atoms with van der Waals surface area (Å²) in [6, 6.07) is 10.5. The third kappa shape index (κ3) is 4.25. The van der Waals surface area contributed by atoms with E-state index in [0.717, 1.165) is 27.9 Å². The van der Waals surface area contributed by atoms with Crippen LogP contribution in [0, 0.1) is 6.92 Å². The van der Waals surface area contributed by atoms with E-state index in [-0.39, 0.29) is 0 Å². The van der Waals surface area contributed by atoms with Gasteiger partial charge in [-0.15, -0.1) is 0 Å². The number of anilines is 1. The zero-order valence-electron chi connectivity index (χ0n) is 13.8. The average molecular weight is 360 g/mol. The quantitative estimate of drug-likeness (QED) is 0.761. The number of halogens is 1. The van der Waals surface area contributed by atoms with E-state index in [4.69, 9.17) is 23.8 Å². The summed E-state index contributed by atoms with van der Waals surface area (Å²) in [5, 5.41) is 4.93. The zero-order valence-corrected chi connectivity index (χ0v) is 15.4. The van der Waals surface area contributed by atoms with Crippen molar-refractivity contribution in [1.29, 1.82) is 0 Å². The molecule has 24 heavy (non-hydrogen) atoms. The molecule has 0 bridgehead atoms. The Morgan fingerprint density at radius 3 is 2.79 bits per heavy atom. The van der Waals surface area contributed by atoms with Crippen molar-refractivity contribution in [2.24, 2.45) is 0 Å². The molecule has 1 aromatic carbocycles. The van der Waals surface area contributed by atoms with E-state index in [2.05, 4.69) is 21.3 Å². The number of benzene rings is 1. The minimum atomic E-state index is 0.499. The van der Waals surface area contributed by atoms with Gasteiger partial charge in [0.1, 0.15) is 0 Å².